The lowest BCUT2D eigenvalue weighted by Crippen LogP contribution is -2.39. The SMILES string of the molecule is CCC(CC)CNC(=NC)NCc1ccc(NC(=O)c2ccco2)cc1. The average Bonchev–Trinajstić information content (AvgIpc) is 3.21. The Balaban J connectivity index is 1.81. The Morgan fingerprint density at radius 3 is 2.42 bits per heavy atom. The Morgan fingerprint density at radius 2 is 1.85 bits per heavy atom. The molecule has 0 aliphatic carbocycles. The molecule has 0 atom stereocenters. The quantitative estimate of drug-likeness (QED) is 0.498. The highest BCUT2D eigenvalue weighted by atomic mass is 16.3. The van der Waals surface area contributed by atoms with Crippen molar-refractivity contribution in [3.8, 4) is 0 Å². The van der Waals surface area contributed by atoms with Crippen molar-refractivity contribution in [2.45, 2.75) is 33.2 Å². The van der Waals surface area contributed by atoms with Crippen molar-refractivity contribution >= 4 is 17.6 Å². The minimum atomic E-state index is -0.258. The third-order valence-electron chi connectivity index (χ3n) is 4.35. The Morgan fingerprint density at radius 1 is 1.12 bits per heavy atom. The highest BCUT2D eigenvalue weighted by molar-refractivity contribution is 6.02. The van der Waals surface area contributed by atoms with Crippen molar-refractivity contribution < 1.29 is 9.21 Å². The number of nitrogens with one attached hydrogen (secondary N) is 3. The second-order valence-electron chi connectivity index (χ2n) is 6.12. The van der Waals surface area contributed by atoms with Crippen LogP contribution in [0, 0.1) is 5.92 Å². The molecule has 0 saturated carbocycles. The Kier molecular flexibility index (Phi) is 7.74. The molecule has 1 amide bonds. The van der Waals surface area contributed by atoms with Gasteiger partial charge in [0, 0.05) is 25.8 Å². The van der Waals surface area contributed by atoms with Crippen LogP contribution in [0.1, 0.15) is 42.8 Å². The predicted molar refractivity (Wildman–Crippen MR) is 105 cm³/mol. The van der Waals surface area contributed by atoms with Crippen LogP contribution in [-0.4, -0.2) is 25.5 Å². The predicted octanol–water partition coefficient (Wildman–Crippen LogP) is 3.63. The second-order valence-corrected chi connectivity index (χ2v) is 6.12. The van der Waals surface area contributed by atoms with Gasteiger partial charge in [-0.15, -0.1) is 0 Å². The number of guanidine groups is 1. The molecule has 0 unspecified atom stereocenters. The minimum Gasteiger partial charge on any atom is -0.459 e. The lowest BCUT2D eigenvalue weighted by molar-refractivity contribution is 0.0996. The van der Waals surface area contributed by atoms with Crippen molar-refractivity contribution in [1.82, 2.24) is 10.6 Å². The maximum Gasteiger partial charge on any atom is 0.291 e. The number of anilines is 1. The molecule has 0 radical (unpaired) electrons. The monoisotopic (exact) mass is 356 g/mol. The number of carbonyl (C=O) groups excluding carboxylic acids is 1. The average molecular weight is 356 g/mol. The number of furan rings is 1. The Bertz CT molecular complexity index is 689. The summed E-state index contributed by atoms with van der Waals surface area (Å²) in [6, 6.07) is 11.0. The summed E-state index contributed by atoms with van der Waals surface area (Å²) < 4.78 is 5.08. The van der Waals surface area contributed by atoms with Gasteiger partial charge in [0.15, 0.2) is 11.7 Å². The van der Waals surface area contributed by atoms with Crippen molar-refractivity contribution in [3.05, 3.63) is 54.0 Å². The summed E-state index contributed by atoms with van der Waals surface area (Å²) in [4.78, 5) is 16.2. The molecule has 0 aliphatic rings. The first-order valence-electron chi connectivity index (χ1n) is 9.04. The van der Waals surface area contributed by atoms with Gasteiger partial charge in [-0.05, 0) is 35.7 Å². The van der Waals surface area contributed by atoms with E-state index in [4.69, 9.17) is 4.42 Å². The summed E-state index contributed by atoms with van der Waals surface area (Å²) in [5, 5.41) is 9.48. The van der Waals surface area contributed by atoms with Gasteiger partial charge in [0.2, 0.25) is 0 Å². The van der Waals surface area contributed by atoms with Gasteiger partial charge in [0.25, 0.3) is 5.91 Å². The number of nitrogens with zero attached hydrogens (tertiary/aromatic N) is 1. The molecule has 1 heterocycles. The molecule has 0 spiro atoms. The fourth-order valence-corrected chi connectivity index (χ4v) is 2.53. The normalized spacial score (nSPS) is 11.5. The van der Waals surface area contributed by atoms with Crippen LogP contribution in [-0.2, 0) is 6.54 Å². The number of rotatable bonds is 8. The van der Waals surface area contributed by atoms with Crippen molar-refractivity contribution in [1.29, 1.82) is 0 Å². The summed E-state index contributed by atoms with van der Waals surface area (Å²) in [6.07, 6.45) is 3.80. The van der Waals surface area contributed by atoms with E-state index in [0.717, 1.165) is 36.6 Å². The first kappa shape index (κ1) is 19.6. The number of amides is 1. The van der Waals surface area contributed by atoms with Gasteiger partial charge in [0.1, 0.15) is 0 Å². The molecule has 2 rings (SSSR count). The Labute approximate surface area is 155 Å². The minimum absolute atomic E-state index is 0.258. The molecule has 3 N–H and O–H groups in total. The lowest BCUT2D eigenvalue weighted by Gasteiger charge is -2.16. The lowest BCUT2D eigenvalue weighted by atomic mass is 10.0. The molecule has 0 aliphatic heterocycles. The van der Waals surface area contributed by atoms with Crippen molar-refractivity contribution in [3.63, 3.8) is 0 Å². The molecule has 26 heavy (non-hydrogen) atoms. The van der Waals surface area contributed by atoms with Crippen LogP contribution in [0.5, 0.6) is 0 Å². The highest BCUT2D eigenvalue weighted by Gasteiger charge is 2.08. The number of benzene rings is 1. The van der Waals surface area contributed by atoms with E-state index in [1.807, 2.05) is 24.3 Å². The fraction of sp³-hybridized carbons (Fsp3) is 0.400. The molecule has 2 aromatic rings. The van der Waals surface area contributed by atoms with E-state index >= 15 is 0 Å². The van der Waals surface area contributed by atoms with Gasteiger partial charge in [-0.25, -0.2) is 0 Å². The largest absolute Gasteiger partial charge is 0.459 e. The molecule has 6 heteroatoms. The third kappa shape index (κ3) is 5.95. The summed E-state index contributed by atoms with van der Waals surface area (Å²) in [5.41, 5.74) is 1.83. The molecule has 0 saturated heterocycles. The van der Waals surface area contributed by atoms with Crippen LogP contribution in [0.15, 0.2) is 52.1 Å². The van der Waals surface area contributed by atoms with Gasteiger partial charge < -0.3 is 20.4 Å². The number of hydrogen-bond donors (Lipinski definition) is 3. The van der Waals surface area contributed by atoms with Gasteiger partial charge in [-0.2, -0.15) is 0 Å². The van der Waals surface area contributed by atoms with Crippen LogP contribution < -0.4 is 16.0 Å². The van der Waals surface area contributed by atoms with E-state index in [0.29, 0.717) is 18.2 Å². The zero-order valence-corrected chi connectivity index (χ0v) is 15.7. The fourth-order valence-electron chi connectivity index (χ4n) is 2.53. The number of aliphatic imine (C=N–C) groups is 1. The first-order valence-corrected chi connectivity index (χ1v) is 9.04. The van der Waals surface area contributed by atoms with E-state index < -0.39 is 0 Å². The molecular formula is C20H28N4O2. The van der Waals surface area contributed by atoms with Crippen LogP contribution in [0.25, 0.3) is 0 Å². The van der Waals surface area contributed by atoms with Crippen LogP contribution in [0.2, 0.25) is 0 Å². The molecule has 0 bridgehead atoms. The van der Waals surface area contributed by atoms with Crippen LogP contribution in [0.3, 0.4) is 0 Å². The standard InChI is InChI=1S/C20H28N4O2/c1-4-15(5-2)13-22-20(21-3)23-14-16-8-10-17(11-9-16)24-19(25)18-7-6-12-26-18/h6-12,15H,4-5,13-14H2,1-3H3,(H,24,25)(H2,21,22,23). The number of carbonyl (C=O) groups is 1. The zero-order valence-electron chi connectivity index (χ0n) is 15.7. The van der Waals surface area contributed by atoms with Gasteiger partial charge >= 0.3 is 0 Å². The smallest absolute Gasteiger partial charge is 0.291 e. The number of hydrogen-bond acceptors (Lipinski definition) is 3. The van der Waals surface area contributed by atoms with Crippen molar-refractivity contribution in [2.24, 2.45) is 10.9 Å². The summed E-state index contributed by atoms with van der Waals surface area (Å²) in [7, 11) is 1.77. The van der Waals surface area contributed by atoms with E-state index in [2.05, 4.69) is 34.8 Å². The summed E-state index contributed by atoms with van der Waals surface area (Å²) >= 11 is 0. The van der Waals surface area contributed by atoms with Crippen LogP contribution >= 0.6 is 0 Å². The molecule has 140 valence electrons. The molecule has 0 fully saturated rings. The molecule has 1 aromatic heterocycles. The summed E-state index contributed by atoms with van der Waals surface area (Å²) in [6.45, 7) is 6.00. The first-order chi connectivity index (χ1) is 12.7. The summed E-state index contributed by atoms with van der Waals surface area (Å²) in [5.74, 6) is 1.49. The van der Waals surface area contributed by atoms with E-state index in [9.17, 15) is 4.79 Å². The van der Waals surface area contributed by atoms with Crippen molar-refractivity contribution in [2.75, 3.05) is 18.9 Å². The van der Waals surface area contributed by atoms with Gasteiger partial charge in [0.05, 0.1) is 6.26 Å². The maximum atomic E-state index is 11.9. The highest BCUT2D eigenvalue weighted by Crippen LogP contribution is 2.12. The van der Waals surface area contributed by atoms with E-state index in [1.54, 1.807) is 19.2 Å². The molecule has 1 aromatic carbocycles. The molecular weight excluding hydrogens is 328 g/mol. The third-order valence-corrected chi connectivity index (χ3v) is 4.35. The van der Waals surface area contributed by atoms with Crippen LogP contribution in [0.4, 0.5) is 5.69 Å². The van der Waals surface area contributed by atoms with Gasteiger partial charge in [-0.1, -0.05) is 38.8 Å². The van der Waals surface area contributed by atoms with E-state index in [1.165, 1.54) is 6.26 Å². The second kappa shape index (κ2) is 10.3. The van der Waals surface area contributed by atoms with Gasteiger partial charge in [-0.3, -0.25) is 9.79 Å². The zero-order chi connectivity index (χ0) is 18.8. The topological polar surface area (TPSA) is 78.7 Å². The van der Waals surface area contributed by atoms with E-state index in [-0.39, 0.29) is 5.91 Å². The molecule has 6 nitrogen and oxygen atoms in total. The Hall–Kier alpha value is -2.76. The maximum absolute atomic E-state index is 11.9.